The van der Waals surface area contributed by atoms with Crippen LogP contribution < -0.4 is 15.4 Å². The Kier molecular flexibility index (Phi) is 10.4. The van der Waals surface area contributed by atoms with E-state index in [0.29, 0.717) is 18.5 Å². The number of rotatable bonds is 10. The van der Waals surface area contributed by atoms with Crippen LogP contribution in [-0.4, -0.2) is 83.1 Å². The molecule has 2 aliphatic heterocycles. The highest BCUT2D eigenvalue weighted by molar-refractivity contribution is 7.89. The van der Waals surface area contributed by atoms with Crippen LogP contribution in [0.2, 0.25) is 0 Å². The number of piperidine rings is 1. The van der Waals surface area contributed by atoms with Crippen LogP contribution in [0.3, 0.4) is 0 Å². The van der Waals surface area contributed by atoms with E-state index in [1.165, 1.54) is 5.57 Å². The molecule has 1 atom stereocenters. The van der Waals surface area contributed by atoms with Crippen LogP contribution >= 0.6 is 0 Å². The van der Waals surface area contributed by atoms with Gasteiger partial charge in [0.25, 0.3) is 0 Å². The van der Waals surface area contributed by atoms with E-state index in [9.17, 15) is 8.42 Å². The minimum Gasteiger partial charge on any atom is -0.377 e. The molecule has 168 valence electrons. The third-order valence-corrected chi connectivity index (χ3v) is 6.53. The smallest absolute Gasteiger partial charge is 0.213 e. The second-order valence-corrected chi connectivity index (χ2v) is 9.99. The summed E-state index contributed by atoms with van der Waals surface area (Å²) in [5.74, 6) is 0.671. The molecule has 0 radical (unpaired) electrons. The number of hydrogen-bond donors (Lipinski definition) is 3. The van der Waals surface area contributed by atoms with E-state index in [1.807, 2.05) is 6.92 Å². The van der Waals surface area contributed by atoms with Gasteiger partial charge in [-0.2, -0.15) is 0 Å². The molecule has 0 bridgehead atoms. The fourth-order valence-electron chi connectivity index (χ4n) is 3.67. The first kappa shape index (κ1) is 24.1. The van der Waals surface area contributed by atoms with Gasteiger partial charge in [0.1, 0.15) is 0 Å². The molecule has 3 N–H and O–H groups in total. The average Bonchev–Trinajstić information content (AvgIpc) is 2.68. The van der Waals surface area contributed by atoms with E-state index < -0.39 is 10.0 Å². The van der Waals surface area contributed by atoms with E-state index in [2.05, 4.69) is 38.8 Å². The maximum Gasteiger partial charge on any atom is 0.213 e. The van der Waals surface area contributed by atoms with Crippen LogP contribution in [0, 0.1) is 0 Å². The average molecular weight is 430 g/mol. The fraction of sp³-hybridized carbons (Fsp3) is 0.850. The number of sulfonamides is 1. The van der Waals surface area contributed by atoms with Gasteiger partial charge in [-0.15, -0.1) is 0 Å². The van der Waals surface area contributed by atoms with E-state index in [1.54, 1.807) is 0 Å². The highest BCUT2D eigenvalue weighted by Crippen LogP contribution is 2.12. The molecule has 8 nitrogen and oxygen atoms in total. The Morgan fingerprint density at radius 3 is 2.62 bits per heavy atom. The number of likely N-dealkylation sites (tertiary alicyclic amines) is 1. The van der Waals surface area contributed by atoms with E-state index in [4.69, 9.17) is 4.74 Å². The van der Waals surface area contributed by atoms with Gasteiger partial charge in [-0.25, -0.2) is 13.1 Å². The van der Waals surface area contributed by atoms with Gasteiger partial charge in [0.2, 0.25) is 10.0 Å². The molecule has 0 saturated carbocycles. The molecule has 2 fully saturated rings. The highest BCUT2D eigenvalue weighted by atomic mass is 32.2. The zero-order chi connectivity index (χ0) is 21.1. The topological polar surface area (TPSA) is 95.1 Å². The summed E-state index contributed by atoms with van der Waals surface area (Å²) in [6, 6.07) is 0.354. The summed E-state index contributed by atoms with van der Waals surface area (Å²) in [7, 11) is -3.35. The van der Waals surface area contributed by atoms with Crippen molar-refractivity contribution >= 4 is 16.0 Å². The normalized spacial score (nSPS) is 22.4. The maximum atomic E-state index is 12.2. The Bertz CT molecular complexity index is 624. The van der Waals surface area contributed by atoms with Gasteiger partial charge in [0, 0.05) is 45.4 Å². The standard InChI is InChI=1S/C20H39N5O3S/c1-4-21-20(24-18-8-11-25(12-9-18)16-17(2)3)22-10-14-29(26,27)23-15-19-7-5-6-13-28-19/h18-19,23H,2,4-16H2,1,3H3,(H2,21,22,24). The van der Waals surface area contributed by atoms with Crippen molar-refractivity contribution in [1.29, 1.82) is 0 Å². The molecule has 0 aromatic rings. The number of nitrogens with zero attached hydrogens (tertiary/aromatic N) is 2. The minimum absolute atomic E-state index is 0.00300. The van der Waals surface area contributed by atoms with E-state index >= 15 is 0 Å². The Labute approximate surface area is 176 Å². The SMILES string of the molecule is C=C(C)CN1CCC(NC(=NCCS(=O)(=O)NCC2CCCCO2)NCC)CC1. The number of hydrogen-bond acceptors (Lipinski definition) is 5. The van der Waals surface area contributed by atoms with E-state index in [0.717, 1.165) is 64.9 Å². The van der Waals surface area contributed by atoms with E-state index in [-0.39, 0.29) is 18.4 Å². The summed E-state index contributed by atoms with van der Waals surface area (Å²) < 4.78 is 32.7. The Balaban J connectivity index is 1.74. The number of nitrogens with one attached hydrogen (secondary N) is 3. The zero-order valence-electron chi connectivity index (χ0n) is 18.1. The molecule has 0 aromatic carbocycles. The van der Waals surface area contributed by atoms with Gasteiger partial charge < -0.3 is 15.4 Å². The molecule has 0 amide bonds. The van der Waals surface area contributed by atoms with Crippen LogP contribution in [0.5, 0.6) is 0 Å². The van der Waals surface area contributed by atoms with Crippen molar-refractivity contribution in [3.8, 4) is 0 Å². The lowest BCUT2D eigenvalue weighted by Crippen LogP contribution is -2.49. The molecule has 2 heterocycles. The van der Waals surface area contributed by atoms with Gasteiger partial charge in [-0.3, -0.25) is 9.89 Å². The number of guanidine groups is 1. The number of aliphatic imine (C=N–C) groups is 1. The summed E-state index contributed by atoms with van der Waals surface area (Å²) in [4.78, 5) is 6.89. The molecule has 9 heteroatoms. The first-order chi connectivity index (χ1) is 13.9. The predicted molar refractivity (Wildman–Crippen MR) is 119 cm³/mol. The zero-order valence-corrected chi connectivity index (χ0v) is 18.9. The monoisotopic (exact) mass is 429 g/mol. The minimum atomic E-state index is -3.35. The largest absolute Gasteiger partial charge is 0.377 e. The molecular formula is C20H39N5O3S. The molecule has 0 spiro atoms. The van der Waals surface area contributed by atoms with Crippen LogP contribution in [-0.2, 0) is 14.8 Å². The van der Waals surface area contributed by atoms with Crippen molar-refractivity contribution in [3.63, 3.8) is 0 Å². The van der Waals surface area contributed by atoms with Gasteiger partial charge in [-0.05, 0) is 46.0 Å². The van der Waals surface area contributed by atoms with Crippen molar-refractivity contribution in [2.45, 2.75) is 58.1 Å². The number of ether oxygens (including phenoxy) is 1. The van der Waals surface area contributed by atoms with Gasteiger partial charge in [-0.1, -0.05) is 12.2 Å². The molecule has 0 aromatic heterocycles. The van der Waals surface area contributed by atoms with Gasteiger partial charge in [0.15, 0.2) is 5.96 Å². The highest BCUT2D eigenvalue weighted by Gasteiger charge is 2.20. The third kappa shape index (κ3) is 9.93. The molecule has 2 rings (SSSR count). The summed E-state index contributed by atoms with van der Waals surface area (Å²) >= 11 is 0. The molecule has 2 aliphatic rings. The molecular weight excluding hydrogens is 390 g/mol. The van der Waals surface area contributed by atoms with Gasteiger partial charge in [0.05, 0.1) is 18.4 Å². The summed E-state index contributed by atoms with van der Waals surface area (Å²) in [6.07, 6.45) is 5.15. The molecule has 2 saturated heterocycles. The van der Waals surface area contributed by atoms with Crippen molar-refractivity contribution in [1.82, 2.24) is 20.3 Å². The Morgan fingerprint density at radius 1 is 1.24 bits per heavy atom. The van der Waals surface area contributed by atoms with Crippen LogP contribution in [0.25, 0.3) is 0 Å². The third-order valence-electron chi connectivity index (χ3n) is 5.20. The first-order valence-corrected chi connectivity index (χ1v) is 12.5. The van der Waals surface area contributed by atoms with Gasteiger partial charge >= 0.3 is 0 Å². The van der Waals surface area contributed by atoms with Crippen molar-refractivity contribution < 1.29 is 13.2 Å². The van der Waals surface area contributed by atoms with Crippen molar-refractivity contribution in [3.05, 3.63) is 12.2 Å². The van der Waals surface area contributed by atoms with Crippen LogP contribution in [0.15, 0.2) is 17.1 Å². The quantitative estimate of drug-likeness (QED) is 0.273. The summed E-state index contributed by atoms with van der Waals surface area (Å²) in [6.45, 7) is 13.1. The van der Waals surface area contributed by atoms with Crippen LogP contribution in [0.1, 0.15) is 46.0 Å². The summed E-state index contributed by atoms with van der Waals surface area (Å²) in [5, 5.41) is 6.67. The second-order valence-electron chi connectivity index (χ2n) is 8.07. The predicted octanol–water partition coefficient (Wildman–Crippen LogP) is 1.07. The first-order valence-electron chi connectivity index (χ1n) is 10.9. The fourth-order valence-corrected chi connectivity index (χ4v) is 4.58. The van der Waals surface area contributed by atoms with Crippen LogP contribution in [0.4, 0.5) is 0 Å². The lowest BCUT2D eigenvalue weighted by atomic mass is 10.0. The lowest BCUT2D eigenvalue weighted by Gasteiger charge is -2.33. The lowest BCUT2D eigenvalue weighted by molar-refractivity contribution is 0.0200. The molecule has 0 aliphatic carbocycles. The maximum absolute atomic E-state index is 12.2. The Morgan fingerprint density at radius 2 is 2.00 bits per heavy atom. The Hall–Kier alpha value is -1.16. The van der Waals surface area contributed by atoms with Crippen molar-refractivity contribution in [2.24, 2.45) is 4.99 Å². The molecule has 29 heavy (non-hydrogen) atoms. The van der Waals surface area contributed by atoms with Crippen molar-refractivity contribution in [2.75, 3.05) is 51.6 Å². The molecule has 1 unspecified atom stereocenters. The summed E-state index contributed by atoms with van der Waals surface area (Å²) in [5.41, 5.74) is 1.19. The second kappa shape index (κ2) is 12.5.